The van der Waals surface area contributed by atoms with Crippen LogP contribution in [0.15, 0.2) is 42.6 Å². The summed E-state index contributed by atoms with van der Waals surface area (Å²) in [6.45, 7) is 8.00. The van der Waals surface area contributed by atoms with Crippen molar-refractivity contribution in [1.82, 2.24) is 4.98 Å². The number of phenolic OH excluding ortho intramolecular Hbond substituents is 2. The summed E-state index contributed by atoms with van der Waals surface area (Å²) in [6.07, 6.45) is 1.41. The maximum atomic E-state index is 12.3. The third-order valence-corrected chi connectivity index (χ3v) is 3.89. The first-order chi connectivity index (χ1) is 12.6. The van der Waals surface area contributed by atoms with Gasteiger partial charge in [0.15, 0.2) is 0 Å². The van der Waals surface area contributed by atoms with Crippen LogP contribution in [0.25, 0.3) is 21.9 Å². The van der Waals surface area contributed by atoms with E-state index in [1.807, 2.05) is 27.7 Å². The van der Waals surface area contributed by atoms with Gasteiger partial charge < -0.3 is 10.2 Å². The summed E-state index contributed by atoms with van der Waals surface area (Å²) >= 11 is 0. The summed E-state index contributed by atoms with van der Waals surface area (Å²) < 4.78 is 0. The van der Waals surface area contributed by atoms with Gasteiger partial charge >= 0.3 is 0 Å². The Hall–Kier alpha value is -3.21. The minimum Gasteiger partial charge on any atom is -0.507 e. The number of fused-ring (bicyclic) bond motifs is 4. The van der Waals surface area contributed by atoms with Gasteiger partial charge in [-0.1, -0.05) is 58.0 Å². The van der Waals surface area contributed by atoms with E-state index in [1.165, 1.54) is 6.20 Å². The Morgan fingerprint density at radius 1 is 0.731 bits per heavy atom. The molecule has 0 unspecified atom stereocenters. The minimum atomic E-state index is -0.861. The Morgan fingerprint density at radius 2 is 1.27 bits per heavy atom. The van der Waals surface area contributed by atoms with Gasteiger partial charge in [0.1, 0.15) is 17.2 Å². The van der Waals surface area contributed by atoms with Crippen LogP contribution in [0, 0.1) is 0 Å². The zero-order chi connectivity index (χ0) is 19.4. The van der Waals surface area contributed by atoms with Gasteiger partial charge in [0, 0.05) is 28.1 Å². The lowest BCUT2D eigenvalue weighted by molar-refractivity contribution is 0.0810. The Kier molecular flexibility index (Phi) is 5.72. The summed E-state index contributed by atoms with van der Waals surface area (Å²) in [5.41, 5.74) is 0.330. The van der Waals surface area contributed by atoms with Crippen molar-refractivity contribution in [3.8, 4) is 22.6 Å². The van der Waals surface area contributed by atoms with Crippen LogP contribution < -0.4 is 0 Å². The monoisotopic (exact) mass is 351 g/mol. The number of phenols is 2. The lowest BCUT2D eigenvalue weighted by Gasteiger charge is -2.20. The molecule has 1 aromatic heterocycles. The summed E-state index contributed by atoms with van der Waals surface area (Å²) in [7, 11) is 0. The summed E-state index contributed by atoms with van der Waals surface area (Å²) in [4.78, 5) is 28.4. The molecule has 0 bridgehead atoms. The van der Waals surface area contributed by atoms with E-state index >= 15 is 0 Å². The molecule has 3 aromatic rings. The fraction of sp³-hybridized carbons (Fsp3) is 0.190. The van der Waals surface area contributed by atoms with Gasteiger partial charge in [-0.3, -0.25) is 14.6 Å². The van der Waals surface area contributed by atoms with Crippen LogP contribution in [0.2, 0.25) is 0 Å². The van der Waals surface area contributed by atoms with Crippen LogP contribution in [0.4, 0.5) is 0 Å². The van der Waals surface area contributed by atoms with Crippen LogP contribution in [0.1, 0.15) is 48.5 Å². The maximum absolute atomic E-state index is 12.3. The van der Waals surface area contributed by atoms with E-state index in [9.17, 15) is 19.8 Å². The largest absolute Gasteiger partial charge is 0.507 e. The number of hydrogen-bond acceptors (Lipinski definition) is 5. The van der Waals surface area contributed by atoms with Gasteiger partial charge in [-0.25, -0.2) is 0 Å². The number of ketones is 2. The molecule has 2 N–H and O–H groups in total. The standard InChI is InChI=1S/C17H9NO4.2C2H6/c19-14-8-4-1-2-5-9(8)15(20)12-11(14)10-6-3-7-18-13(10)17(22)16(12)21;2*1-2/h1-7,19-20H;2*1-2H3. The highest BCUT2D eigenvalue weighted by molar-refractivity contribution is 6.53. The molecule has 0 spiro atoms. The second kappa shape index (κ2) is 7.78. The molecule has 0 radical (unpaired) electrons. The molecular weight excluding hydrogens is 330 g/mol. The van der Waals surface area contributed by atoms with E-state index in [0.29, 0.717) is 16.3 Å². The van der Waals surface area contributed by atoms with Crippen LogP contribution in [-0.4, -0.2) is 26.8 Å². The highest BCUT2D eigenvalue weighted by Gasteiger charge is 2.36. The van der Waals surface area contributed by atoms with E-state index in [-0.39, 0.29) is 28.3 Å². The second-order valence-corrected chi connectivity index (χ2v) is 5.05. The molecule has 1 heterocycles. The van der Waals surface area contributed by atoms with E-state index in [0.717, 1.165) is 0 Å². The summed E-state index contributed by atoms with van der Waals surface area (Å²) in [5, 5.41) is 21.7. The minimum absolute atomic E-state index is 0.00928. The van der Waals surface area contributed by atoms with Crippen molar-refractivity contribution in [2.75, 3.05) is 0 Å². The molecule has 2 aromatic carbocycles. The summed E-state index contributed by atoms with van der Waals surface area (Å²) in [6, 6.07) is 9.83. The van der Waals surface area contributed by atoms with Crippen LogP contribution in [0.3, 0.4) is 0 Å². The van der Waals surface area contributed by atoms with Gasteiger partial charge in [0.2, 0.25) is 5.78 Å². The first-order valence-electron chi connectivity index (χ1n) is 8.62. The number of aromatic hydroxyl groups is 2. The van der Waals surface area contributed by atoms with Crippen molar-refractivity contribution in [2.45, 2.75) is 27.7 Å². The number of aromatic nitrogens is 1. The quantitative estimate of drug-likeness (QED) is 0.451. The number of rotatable bonds is 0. The fourth-order valence-corrected chi connectivity index (χ4v) is 2.89. The average molecular weight is 351 g/mol. The summed E-state index contributed by atoms with van der Waals surface area (Å²) in [5.74, 6) is -2.08. The molecule has 0 saturated carbocycles. The highest BCUT2D eigenvalue weighted by Crippen LogP contribution is 2.47. The predicted octanol–water partition coefficient (Wildman–Crippen LogP) is 4.74. The first-order valence-corrected chi connectivity index (χ1v) is 8.62. The van der Waals surface area contributed by atoms with Gasteiger partial charge in [-0.15, -0.1) is 0 Å². The predicted molar refractivity (Wildman–Crippen MR) is 102 cm³/mol. The molecule has 5 nitrogen and oxygen atoms in total. The van der Waals surface area contributed by atoms with Gasteiger partial charge in [-0.2, -0.15) is 0 Å². The number of carbonyl (C=O) groups excluding carboxylic acids is 2. The first kappa shape index (κ1) is 19.1. The normalized spacial score (nSPS) is 11.5. The van der Waals surface area contributed by atoms with Gasteiger partial charge in [-0.05, 0) is 6.07 Å². The molecule has 1 aliphatic carbocycles. The van der Waals surface area contributed by atoms with Crippen molar-refractivity contribution in [1.29, 1.82) is 0 Å². The van der Waals surface area contributed by atoms with Crippen LogP contribution in [0.5, 0.6) is 11.5 Å². The number of pyridine rings is 1. The lowest BCUT2D eigenvalue weighted by atomic mass is 9.83. The maximum Gasteiger partial charge on any atom is 0.252 e. The van der Waals surface area contributed by atoms with Gasteiger partial charge in [0.25, 0.3) is 5.78 Å². The zero-order valence-electron chi connectivity index (χ0n) is 15.2. The molecule has 5 heteroatoms. The Bertz CT molecular complexity index is 993. The SMILES string of the molecule is CC.CC.O=C1C(=O)c2c(c(O)c3ccccc3c2O)-c2cccnc21. The second-order valence-electron chi connectivity index (χ2n) is 5.05. The van der Waals surface area contributed by atoms with E-state index in [2.05, 4.69) is 4.98 Å². The van der Waals surface area contributed by atoms with Crippen molar-refractivity contribution >= 4 is 22.3 Å². The molecule has 0 saturated heterocycles. The van der Waals surface area contributed by atoms with Crippen molar-refractivity contribution in [3.63, 3.8) is 0 Å². The van der Waals surface area contributed by atoms with E-state index in [4.69, 9.17) is 0 Å². The highest BCUT2D eigenvalue weighted by atomic mass is 16.3. The Labute approximate surface area is 151 Å². The molecule has 4 rings (SSSR count). The Morgan fingerprint density at radius 3 is 1.85 bits per heavy atom. The number of nitrogens with zero attached hydrogens (tertiary/aromatic N) is 1. The number of hydrogen-bond donors (Lipinski definition) is 2. The van der Waals surface area contributed by atoms with Crippen LogP contribution >= 0.6 is 0 Å². The molecule has 1 aliphatic rings. The third-order valence-electron chi connectivity index (χ3n) is 3.89. The van der Waals surface area contributed by atoms with Crippen molar-refractivity contribution < 1.29 is 19.8 Å². The molecule has 26 heavy (non-hydrogen) atoms. The van der Waals surface area contributed by atoms with E-state index in [1.54, 1.807) is 36.4 Å². The van der Waals surface area contributed by atoms with Crippen LogP contribution in [-0.2, 0) is 0 Å². The average Bonchev–Trinajstić information content (AvgIpc) is 2.72. The Balaban J connectivity index is 0.000000570. The molecule has 0 fully saturated rings. The molecule has 0 atom stereocenters. The molecule has 0 aliphatic heterocycles. The van der Waals surface area contributed by atoms with Crippen molar-refractivity contribution in [2.24, 2.45) is 0 Å². The smallest absolute Gasteiger partial charge is 0.252 e. The zero-order valence-corrected chi connectivity index (χ0v) is 15.2. The number of carbonyl (C=O) groups is 2. The molecule has 134 valence electrons. The fourth-order valence-electron chi connectivity index (χ4n) is 2.89. The third kappa shape index (κ3) is 2.71. The molecule has 0 amide bonds. The molecular formula is C21H21NO4. The number of benzene rings is 2. The number of Topliss-reactive ketones (excluding diaryl/α,β-unsaturated/α-hetero) is 2. The van der Waals surface area contributed by atoms with Crippen molar-refractivity contribution in [3.05, 3.63) is 53.9 Å². The van der Waals surface area contributed by atoms with E-state index < -0.39 is 11.6 Å². The topological polar surface area (TPSA) is 87.5 Å². The van der Waals surface area contributed by atoms with Gasteiger partial charge in [0.05, 0.1) is 5.56 Å². The lowest BCUT2D eigenvalue weighted by Crippen LogP contribution is -2.22.